The van der Waals surface area contributed by atoms with Crippen LogP contribution < -0.4 is 0 Å². The molecule has 4 heterocycles. The third kappa shape index (κ3) is 10.0. The summed E-state index contributed by atoms with van der Waals surface area (Å²) >= 11 is 0. The second-order valence-electron chi connectivity index (χ2n) is 36.1. The topological polar surface area (TPSA) is 19.7 Å². The van der Waals surface area contributed by atoms with E-state index in [0.717, 1.165) is 11.4 Å². The van der Waals surface area contributed by atoms with Gasteiger partial charge in [-0.25, -0.2) is 0 Å². The van der Waals surface area contributed by atoms with E-state index in [-0.39, 0.29) is 10.8 Å². The molecule has 588 valence electrons. The van der Waals surface area contributed by atoms with Crippen LogP contribution in [0.4, 0.5) is 0 Å². The third-order valence-corrected chi connectivity index (χ3v) is 28.8. The molecule has 4 heteroatoms. The van der Waals surface area contributed by atoms with Crippen LogP contribution in [0.3, 0.4) is 0 Å². The van der Waals surface area contributed by atoms with E-state index in [1.165, 1.54) is 253 Å². The zero-order chi connectivity index (χ0) is 83.1. The SMILES string of the molecule is CC1(C)c2ccccc2-c2ccc(-n3c4cccc5ccc6c(-c7ccc8c9c7ccc7cccc(c79)n8-c7ccc8c(c7)C(C)(C)c7ccccc7-8)ccc3c6c54)cc21.c1ccc(-c2cc(-c3ccccc3)cc(-n3c4cccc5ccc6c(-c7ccc8c9c7ccc7cccc(c79)n8-c7cc(-c8ccccc8)cc(-c8ccccc8)c7)ccc3c6c54)c2)cc1. The summed E-state index contributed by atoms with van der Waals surface area (Å²) in [6.07, 6.45) is 0. The van der Waals surface area contributed by atoms with Crippen molar-refractivity contribution < 1.29 is 0 Å². The van der Waals surface area contributed by atoms with Crippen molar-refractivity contribution in [2.45, 2.75) is 38.5 Å². The van der Waals surface area contributed by atoms with Gasteiger partial charge in [-0.15, -0.1) is 0 Å². The van der Waals surface area contributed by atoms with Crippen molar-refractivity contribution in [3.05, 3.63) is 435 Å². The van der Waals surface area contributed by atoms with Crippen molar-refractivity contribution in [3.8, 4) is 112 Å². The number of benzene rings is 22. The molecule has 0 atom stereocenters. The number of hydrogen-bond acceptors (Lipinski definition) is 0. The molecule has 22 aromatic carbocycles. The maximum atomic E-state index is 2.51. The van der Waals surface area contributed by atoms with Gasteiger partial charge < -0.3 is 18.3 Å². The van der Waals surface area contributed by atoms with Gasteiger partial charge in [-0.3, -0.25) is 0 Å². The van der Waals surface area contributed by atoms with Crippen molar-refractivity contribution in [3.63, 3.8) is 0 Å². The van der Waals surface area contributed by atoms with Crippen molar-refractivity contribution in [1.82, 2.24) is 18.3 Å². The molecule has 0 spiro atoms. The van der Waals surface area contributed by atoms with Crippen LogP contribution in [-0.2, 0) is 10.8 Å². The van der Waals surface area contributed by atoms with E-state index in [1.807, 2.05) is 0 Å². The van der Waals surface area contributed by atoms with Gasteiger partial charge in [0.25, 0.3) is 0 Å². The average molecular weight is 1600 g/mol. The fraction of sp³-hybridized carbons (Fsp3) is 0.0492. The lowest BCUT2D eigenvalue weighted by Crippen LogP contribution is -2.15. The predicted octanol–water partition coefficient (Wildman–Crippen LogP) is 32.7. The quantitative estimate of drug-likeness (QED) is 0.122. The van der Waals surface area contributed by atoms with Crippen LogP contribution >= 0.6 is 0 Å². The lowest BCUT2D eigenvalue weighted by atomic mass is 9.82. The Labute approximate surface area is 728 Å². The second kappa shape index (κ2) is 26.3. The van der Waals surface area contributed by atoms with Crippen molar-refractivity contribution in [1.29, 1.82) is 0 Å². The Morgan fingerprint density at radius 2 is 0.397 bits per heavy atom. The molecule has 0 fully saturated rings. The van der Waals surface area contributed by atoms with Gasteiger partial charge in [0.2, 0.25) is 0 Å². The van der Waals surface area contributed by atoms with Crippen LogP contribution in [-0.4, -0.2) is 18.3 Å². The van der Waals surface area contributed by atoms with Crippen LogP contribution in [0.2, 0.25) is 0 Å². The Morgan fingerprint density at radius 3 is 0.690 bits per heavy atom. The molecule has 0 saturated carbocycles. The first-order valence-electron chi connectivity index (χ1n) is 44.2. The molecule has 4 aromatic heterocycles. The van der Waals surface area contributed by atoms with Gasteiger partial charge in [0.05, 0.1) is 44.1 Å². The fourth-order valence-corrected chi connectivity index (χ4v) is 23.1. The summed E-state index contributed by atoms with van der Waals surface area (Å²) in [6.45, 7) is 9.49. The molecule has 0 unspecified atom stereocenters. The molecule has 0 aliphatic heterocycles. The van der Waals surface area contributed by atoms with Crippen molar-refractivity contribution in [2.24, 2.45) is 0 Å². The Bertz CT molecular complexity index is 8360. The standard InChI is InChI=1S/C64H40N2.C58H40N2/c1-5-15-41(16-6-1)47-35-48(42-17-7-2-8-18-42)38-51(37-47)65-57-25-13-23-45-27-29-55-53(31-33-59(65)63(55)61(45)57)54-32-34-60-64-56(54)30-28-46-24-14-26-58(62(46)64)66(60)52-39-49(43-19-9-3-10-20-43)36-50(40-52)44-21-11-4-12-22-44;1-57(2)45-15-7-5-13-39(45)41-25-21-35(31-47(41)57)59-49-17-9-11-33-19-23-43-37(27-29-51(59)55(43)53(33)49)38-28-30-52-56-44(38)24-20-34-12-10-18-50(54(34)56)60(52)36-22-26-42-40-14-6-8-16-46(40)58(3,4)48(42)32-36/h1-40H;5-32H,1-4H3. The molecule has 0 bridgehead atoms. The van der Waals surface area contributed by atoms with Gasteiger partial charge in [-0.1, -0.05) is 331 Å². The second-order valence-corrected chi connectivity index (χ2v) is 36.1. The first-order chi connectivity index (χ1) is 62.0. The smallest absolute Gasteiger partial charge is 0.0547 e. The molecule has 0 amide bonds. The van der Waals surface area contributed by atoms with Gasteiger partial charge in [0.1, 0.15) is 0 Å². The molecule has 4 nitrogen and oxygen atoms in total. The number of nitrogens with zero attached hydrogens (tertiary/aromatic N) is 4. The minimum absolute atomic E-state index is 0.0702. The van der Waals surface area contributed by atoms with Crippen LogP contribution in [0.15, 0.2) is 413 Å². The highest BCUT2D eigenvalue weighted by atomic mass is 15.0. The van der Waals surface area contributed by atoms with Gasteiger partial charge in [-0.2, -0.15) is 0 Å². The highest BCUT2D eigenvalue weighted by Crippen LogP contribution is 2.55. The van der Waals surface area contributed by atoms with Crippen LogP contribution in [0.1, 0.15) is 49.9 Å². The minimum Gasteiger partial charge on any atom is -0.309 e. The first kappa shape index (κ1) is 70.8. The fourth-order valence-electron chi connectivity index (χ4n) is 23.1. The number of rotatable bonds is 10. The van der Waals surface area contributed by atoms with E-state index in [4.69, 9.17) is 0 Å². The Hall–Kier alpha value is -15.9. The molecule has 0 radical (unpaired) electrons. The molecule has 26 aromatic rings. The average Bonchev–Trinajstić information content (AvgIpc) is 1.54. The first-order valence-corrected chi connectivity index (χ1v) is 44.2. The van der Waals surface area contributed by atoms with Crippen LogP contribution in [0.5, 0.6) is 0 Å². The largest absolute Gasteiger partial charge is 0.309 e. The molecule has 0 saturated heterocycles. The molecular formula is C122H80N4. The maximum Gasteiger partial charge on any atom is 0.0547 e. The summed E-state index contributed by atoms with van der Waals surface area (Å²) in [5.41, 5.74) is 40.1. The van der Waals surface area contributed by atoms with Gasteiger partial charge >= 0.3 is 0 Å². The molecule has 2 aliphatic carbocycles. The molecule has 0 N–H and O–H groups in total. The summed E-state index contributed by atoms with van der Waals surface area (Å²) < 4.78 is 10.0. The molecule has 126 heavy (non-hydrogen) atoms. The zero-order valence-corrected chi connectivity index (χ0v) is 70.0. The Kier molecular flexibility index (Phi) is 14.8. The van der Waals surface area contributed by atoms with Crippen LogP contribution in [0, 0.1) is 0 Å². The summed E-state index contributed by atoms with van der Waals surface area (Å²) in [7, 11) is 0. The third-order valence-electron chi connectivity index (χ3n) is 28.8. The summed E-state index contributed by atoms with van der Waals surface area (Å²) in [4.78, 5) is 0. The number of fused-ring (bicyclic) bond motifs is 6. The highest BCUT2D eigenvalue weighted by Gasteiger charge is 2.38. The minimum atomic E-state index is -0.0702. The van der Waals surface area contributed by atoms with Gasteiger partial charge in [-0.05, 0) is 264 Å². The maximum absolute atomic E-state index is 2.51. The van der Waals surface area contributed by atoms with Crippen LogP contribution in [0.25, 0.3) is 242 Å². The highest BCUT2D eigenvalue weighted by molar-refractivity contribution is 6.33. The van der Waals surface area contributed by atoms with Gasteiger partial charge in [0.15, 0.2) is 0 Å². The normalized spacial score (nSPS) is 13.4. The monoisotopic (exact) mass is 1600 g/mol. The molecular weight excluding hydrogens is 1520 g/mol. The van der Waals surface area contributed by atoms with E-state index in [0.29, 0.717) is 0 Å². The molecule has 28 rings (SSSR count). The lowest BCUT2D eigenvalue weighted by Gasteiger charge is -2.22. The van der Waals surface area contributed by atoms with E-state index >= 15 is 0 Å². The Morgan fingerprint density at radius 1 is 0.151 bits per heavy atom. The number of aromatic nitrogens is 4. The van der Waals surface area contributed by atoms with E-state index in [2.05, 4.69) is 458 Å². The number of hydrogen-bond donors (Lipinski definition) is 0. The van der Waals surface area contributed by atoms with E-state index < -0.39 is 0 Å². The van der Waals surface area contributed by atoms with E-state index in [1.54, 1.807) is 0 Å². The Balaban J connectivity index is 0.000000132. The summed E-state index contributed by atoms with van der Waals surface area (Å²) in [6, 6.07) is 154. The zero-order valence-electron chi connectivity index (χ0n) is 70.0. The van der Waals surface area contributed by atoms with Gasteiger partial charge in [0, 0.05) is 76.7 Å². The lowest BCUT2D eigenvalue weighted by molar-refractivity contribution is 0.660. The van der Waals surface area contributed by atoms with E-state index in [9.17, 15) is 0 Å². The summed E-state index contributed by atoms with van der Waals surface area (Å²) in [5.74, 6) is 0. The summed E-state index contributed by atoms with van der Waals surface area (Å²) in [5, 5.41) is 20.7. The van der Waals surface area contributed by atoms with Crippen molar-refractivity contribution in [2.75, 3.05) is 0 Å². The molecule has 2 aliphatic rings. The predicted molar refractivity (Wildman–Crippen MR) is 533 cm³/mol. The van der Waals surface area contributed by atoms with Crippen molar-refractivity contribution >= 4 is 130 Å².